The Morgan fingerprint density at radius 3 is 2.00 bits per heavy atom. The normalized spacial score (nSPS) is 13.6. The van der Waals surface area contributed by atoms with Gasteiger partial charge in [-0.05, 0) is 6.42 Å². The molecule has 0 aliphatic heterocycles. The first kappa shape index (κ1) is 15.7. The summed E-state index contributed by atoms with van der Waals surface area (Å²) in [5.74, 6) is -3.06. The van der Waals surface area contributed by atoms with Crippen LogP contribution in [0.25, 0.3) is 0 Å². The molecular formula is C8H14N2O6S. The highest BCUT2D eigenvalue weighted by molar-refractivity contribution is 7.80. The van der Waals surface area contributed by atoms with E-state index in [2.05, 4.69) is 22.4 Å². The zero-order valence-electron chi connectivity index (χ0n) is 8.87. The van der Waals surface area contributed by atoms with Crippen LogP contribution in [0, 0.1) is 0 Å². The number of carboxylic acids is 1. The molecule has 0 saturated heterocycles. The van der Waals surface area contributed by atoms with Crippen molar-refractivity contribution in [3.8, 4) is 0 Å². The van der Waals surface area contributed by atoms with Crippen LogP contribution in [0.2, 0.25) is 0 Å². The van der Waals surface area contributed by atoms with E-state index < -0.39 is 30.0 Å². The molecule has 0 aromatic carbocycles. The van der Waals surface area contributed by atoms with Crippen LogP contribution in [0.15, 0.2) is 0 Å². The first-order valence-corrected chi connectivity index (χ1v) is 5.27. The van der Waals surface area contributed by atoms with Crippen molar-refractivity contribution < 1.29 is 29.3 Å². The molecule has 98 valence electrons. The van der Waals surface area contributed by atoms with E-state index in [9.17, 15) is 14.4 Å². The van der Waals surface area contributed by atoms with E-state index in [0.29, 0.717) is 0 Å². The Hall–Kier alpha value is -1.32. The van der Waals surface area contributed by atoms with Crippen molar-refractivity contribution in [2.75, 3.05) is 5.75 Å². The molecule has 8 nitrogen and oxygen atoms in total. The molecule has 0 aromatic heterocycles. The summed E-state index contributed by atoms with van der Waals surface area (Å²) in [7, 11) is 0. The van der Waals surface area contributed by atoms with Gasteiger partial charge in [-0.15, -0.1) is 0 Å². The Kier molecular flexibility index (Phi) is 7.26. The highest BCUT2D eigenvalue weighted by atomic mass is 32.1. The summed E-state index contributed by atoms with van der Waals surface area (Å²) in [4.78, 5) is 40.5. The van der Waals surface area contributed by atoms with Gasteiger partial charge in [-0.25, -0.2) is 19.4 Å². The van der Waals surface area contributed by atoms with Crippen molar-refractivity contribution in [1.29, 1.82) is 0 Å². The van der Waals surface area contributed by atoms with Gasteiger partial charge in [0.25, 0.3) is 0 Å². The Bertz CT molecular complexity index is 298. The number of carboxylic acid groups (broad SMARTS) is 1. The van der Waals surface area contributed by atoms with Crippen LogP contribution in [0.5, 0.6) is 0 Å². The second kappa shape index (κ2) is 7.87. The fourth-order valence-electron chi connectivity index (χ4n) is 0.677. The number of hydrogen-bond acceptors (Lipinski definition) is 8. The summed E-state index contributed by atoms with van der Waals surface area (Å²) < 4.78 is 0. The average Bonchev–Trinajstić information content (AvgIpc) is 2.31. The van der Waals surface area contributed by atoms with E-state index in [1.54, 1.807) is 0 Å². The van der Waals surface area contributed by atoms with Gasteiger partial charge in [-0.2, -0.15) is 12.6 Å². The number of nitrogens with two attached hydrogens (primary N) is 2. The number of rotatable bonds is 6. The predicted molar refractivity (Wildman–Crippen MR) is 58.9 cm³/mol. The molecule has 0 aliphatic rings. The molecule has 0 amide bonds. The molecule has 1 unspecified atom stereocenters. The molecular weight excluding hydrogens is 252 g/mol. The van der Waals surface area contributed by atoms with Crippen LogP contribution in [0.4, 0.5) is 0 Å². The molecule has 0 radical (unpaired) electrons. The average molecular weight is 266 g/mol. The second-order valence-electron chi connectivity index (χ2n) is 3.13. The van der Waals surface area contributed by atoms with Crippen LogP contribution < -0.4 is 11.5 Å². The van der Waals surface area contributed by atoms with Gasteiger partial charge in [0.05, 0.1) is 0 Å². The molecule has 9 heteroatoms. The van der Waals surface area contributed by atoms with E-state index in [-0.39, 0.29) is 18.6 Å². The van der Waals surface area contributed by atoms with Gasteiger partial charge < -0.3 is 16.6 Å². The smallest absolute Gasteiger partial charge is 0.372 e. The summed E-state index contributed by atoms with van der Waals surface area (Å²) >= 11 is 3.74. The summed E-state index contributed by atoms with van der Waals surface area (Å²) in [6.07, 6.45) is -0.412. The molecule has 0 bridgehead atoms. The van der Waals surface area contributed by atoms with Gasteiger partial charge in [0.1, 0.15) is 12.1 Å². The number of carbonyl (C=O) groups excluding carboxylic acids is 2. The van der Waals surface area contributed by atoms with E-state index in [1.165, 1.54) is 0 Å². The Morgan fingerprint density at radius 2 is 1.59 bits per heavy atom. The quantitative estimate of drug-likeness (QED) is 0.257. The van der Waals surface area contributed by atoms with E-state index in [4.69, 9.17) is 16.6 Å². The van der Waals surface area contributed by atoms with Crippen molar-refractivity contribution in [1.82, 2.24) is 0 Å². The first-order valence-electron chi connectivity index (χ1n) is 4.64. The van der Waals surface area contributed by atoms with Gasteiger partial charge >= 0.3 is 17.9 Å². The lowest BCUT2D eigenvalue weighted by molar-refractivity contribution is -0.260. The Labute approximate surface area is 103 Å². The molecule has 0 rings (SSSR count). The van der Waals surface area contributed by atoms with Gasteiger partial charge in [0.2, 0.25) is 0 Å². The second-order valence-corrected chi connectivity index (χ2v) is 3.50. The van der Waals surface area contributed by atoms with Gasteiger partial charge in [0, 0.05) is 12.2 Å². The molecule has 0 heterocycles. The molecule has 2 atom stereocenters. The van der Waals surface area contributed by atoms with Gasteiger partial charge in [0.15, 0.2) is 0 Å². The van der Waals surface area contributed by atoms with Crippen LogP contribution in [-0.4, -0.2) is 40.9 Å². The van der Waals surface area contributed by atoms with Crippen LogP contribution in [0.1, 0.15) is 12.8 Å². The minimum atomic E-state index is -1.17. The minimum Gasteiger partial charge on any atom is -0.481 e. The third-order valence-electron chi connectivity index (χ3n) is 1.68. The lowest BCUT2D eigenvalue weighted by Gasteiger charge is -2.10. The summed E-state index contributed by atoms with van der Waals surface area (Å²) in [5.41, 5.74) is 10.5. The maximum Gasteiger partial charge on any atom is 0.372 e. The van der Waals surface area contributed by atoms with Crippen LogP contribution >= 0.6 is 12.6 Å². The number of carbonyl (C=O) groups is 3. The number of hydrogen-bond donors (Lipinski definition) is 4. The van der Waals surface area contributed by atoms with E-state index >= 15 is 0 Å². The van der Waals surface area contributed by atoms with Crippen molar-refractivity contribution in [3.05, 3.63) is 0 Å². The largest absolute Gasteiger partial charge is 0.481 e. The Morgan fingerprint density at radius 1 is 1.12 bits per heavy atom. The van der Waals surface area contributed by atoms with Gasteiger partial charge in [-0.3, -0.25) is 4.79 Å². The van der Waals surface area contributed by atoms with Crippen molar-refractivity contribution in [2.24, 2.45) is 11.5 Å². The van der Waals surface area contributed by atoms with E-state index in [1.807, 2.05) is 0 Å². The minimum absolute atomic E-state index is 0.0292. The monoisotopic (exact) mass is 266 g/mol. The third-order valence-corrected chi connectivity index (χ3v) is 2.07. The molecule has 17 heavy (non-hydrogen) atoms. The highest BCUT2D eigenvalue weighted by Crippen LogP contribution is 1.99. The van der Waals surface area contributed by atoms with Crippen LogP contribution in [-0.2, 0) is 24.2 Å². The highest BCUT2D eigenvalue weighted by Gasteiger charge is 2.21. The van der Waals surface area contributed by atoms with E-state index in [0.717, 1.165) is 0 Å². The molecule has 0 fully saturated rings. The summed E-state index contributed by atoms with van der Waals surface area (Å²) in [5, 5.41) is 8.35. The van der Waals surface area contributed by atoms with Crippen molar-refractivity contribution >= 4 is 30.5 Å². The molecule has 0 aliphatic carbocycles. The summed E-state index contributed by atoms with van der Waals surface area (Å²) in [6, 6.07) is -2.19. The van der Waals surface area contributed by atoms with Gasteiger partial charge in [-0.1, -0.05) is 0 Å². The summed E-state index contributed by atoms with van der Waals surface area (Å²) in [6.45, 7) is 0. The molecule has 5 N–H and O–H groups in total. The number of thiol groups is 1. The predicted octanol–water partition coefficient (Wildman–Crippen LogP) is -1.56. The van der Waals surface area contributed by atoms with Crippen molar-refractivity contribution in [2.45, 2.75) is 24.9 Å². The molecule has 0 saturated carbocycles. The van der Waals surface area contributed by atoms with Crippen molar-refractivity contribution in [3.63, 3.8) is 0 Å². The topological polar surface area (TPSA) is 142 Å². The lowest BCUT2D eigenvalue weighted by Crippen LogP contribution is -2.37. The zero-order valence-corrected chi connectivity index (χ0v) is 9.76. The number of aliphatic carboxylic acids is 1. The van der Waals surface area contributed by atoms with Crippen LogP contribution in [0.3, 0.4) is 0 Å². The fourth-order valence-corrected chi connectivity index (χ4v) is 0.826. The third kappa shape index (κ3) is 6.76. The molecule has 0 aromatic rings. The zero-order chi connectivity index (χ0) is 13.4. The SMILES string of the molecule is NC(CS)C(=O)OOC(=O)[C@H](N)CCC(=O)O. The lowest BCUT2D eigenvalue weighted by atomic mass is 10.2. The first-order chi connectivity index (χ1) is 7.88. The fraction of sp³-hybridized carbons (Fsp3) is 0.625. The standard InChI is InChI=1S/C8H14N2O6S/c9-4(1-2-6(11)12)7(13)15-16-8(14)5(10)3-17/h4-5,17H,1-3,9-10H2,(H,11,12)/t4-,5?/m1/s1. The maximum absolute atomic E-state index is 11.1. The maximum atomic E-state index is 11.1. The Balaban J connectivity index is 3.93. The molecule has 0 spiro atoms.